The molecule has 2 N–H and O–H groups in total. The molecule has 0 fully saturated rings. The van der Waals surface area contributed by atoms with E-state index in [0.29, 0.717) is 5.56 Å². The number of likely N-dealkylation sites (N-methyl/N-ethyl adjacent to an activating group) is 1. The van der Waals surface area contributed by atoms with Crippen LogP contribution in [-0.4, -0.2) is 36.9 Å². The van der Waals surface area contributed by atoms with E-state index < -0.39 is 29.4 Å². The SMILES string of the molecule is CCONC(=O)C1CN(C)C(=O)C(F)=C1Nc1ccc(C)cc1F. The molecule has 2 amide bonds. The van der Waals surface area contributed by atoms with E-state index in [0.717, 1.165) is 4.90 Å². The maximum atomic E-state index is 14.4. The van der Waals surface area contributed by atoms with Crippen LogP contribution in [0.25, 0.3) is 0 Å². The van der Waals surface area contributed by atoms with Crippen LogP contribution in [0.5, 0.6) is 0 Å². The lowest BCUT2D eigenvalue weighted by Crippen LogP contribution is -2.46. The van der Waals surface area contributed by atoms with Crippen molar-refractivity contribution in [1.82, 2.24) is 10.4 Å². The molecule has 2 rings (SSSR count). The molecular weight excluding hydrogens is 320 g/mol. The predicted molar refractivity (Wildman–Crippen MR) is 83.8 cm³/mol. The number of benzene rings is 1. The van der Waals surface area contributed by atoms with E-state index >= 15 is 0 Å². The van der Waals surface area contributed by atoms with Crippen molar-refractivity contribution in [3.63, 3.8) is 0 Å². The molecule has 0 radical (unpaired) electrons. The molecule has 0 bridgehead atoms. The van der Waals surface area contributed by atoms with Crippen molar-refractivity contribution in [2.24, 2.45) is 5.92 Å². The number of nitrogens with zero attached hydrogens (tertiary/aromatic N) is 1. The molecule has 0 spiro atoms. The second-order valence-corrected chi connectivity index (χ2v) is 5.47. The number of halogens is 2. The van der Waals surface area contributed by atoms with Crippen LogP contribution in [0.3, 0.4) is 0 Å². The first kappa shape index (κ1) is 17.9. The summed E-state index contributed by atoms with van der Waals surface area (Å²) in [6.45, 7) is 3.56. The van der Waals surface area contributed by atoms with Gasteiger partial charge >= 0.3 is 0 Å². The first-order valence-corrected chi connectivity index (χ1v) is 7.45. The van der Waals surface area contributed by atoms with Gasteiger partial charge in [0.25, 0.3) is 11.8 Å². The average molecular weight is 339 g/mol. The van der Waals surface area contributed by atoms with Crippen LogP contribution in [0.2, 0.25) is 0 Å². The van der Waals surface area contributed by atoms with Crippen LogP contribution in [0.1, 0.15) is 12.5 Å². The van der Waals surface area contributed by atoms with Crippen LogP contribution in [0.4, 0.5) is 14.5 Å². The van der Waals surface area contributed by atoms with Crippen molar-refractivity contribution in [2.45, 2.75) is 13.8 Å². The van der Waals surface area contributed by atoms with Crippen LogP contribution < -0.4 is 10.8 Å². The predicted octanol–water partition coefficient (Wildman–Crippen LogP) is 1.88. The van der Waals surface area contributed by atoms with E-state index in [9.17, 15) is 18.4 Å². The molecule has 1 unspecified atom stereocenters. The van der Waals surface area contributed by atoms with Gasteiger partial charge in [0.2, 0.25) is 5.83 Å². The molecule has 1 aliphatic rings. The quantitative estimate of drug-likeness (QED) is 0.804. The van der Waals surface area contributed by atoms with Crippen LogP contribution >= 0.6 is 0 Å². The highest BCUT2D eigenvalue weighted by Crippen LogP contribution is 2.28. The van der Waals surface area contributed by atoms with Crippen LogP contribution in [0, 0.1) is 18.7 Å². The summed E-state index contributed by atoms with van der Waals surface area (Å²) >= 11 is 0. The summed E-state index contributed by atoms with van der Waals surface area (Å²) in [5, 5.41) is 2.55. The Morgan fingerprint density at radius 2 is 2.12 bits per heavy atom. The van der Waals surface area contributed by atoms with Gasteiger partial charge in [-0.3, -0.25) is 14.4 Å². The standard InChI is InChI=1S/C16H19F2N3O3/c1-4-24-20-15(22)10-8-21(3)16(23)13(18)14(10)19-12-6-5-9(2)7-11(12)17/h5-7,10,19H,4,8H2,1-3H3,(H,20,22). The summed E-state index contributed by atoms with van der Waals surface area (Å²) in [7, 11) is 1.38. The van der Waals surface area contributed by atoms with Gasteiger partial charge in [-0.25, -0.2) is 9.87 Å². The number of hydrogen-bond donors (Lipinski definition) is 2. The molecule has 0 saturated heterocycles. The molecule has 0 saturated carbocycles. The van der Waals surface area contributed by atoms with Gasteiger partial charge in [-0.05, 0) is 31.5 Å². The second kappa shape index (κ2) is 7.39. The largest absolute Gasteiger partial charge is 0.353 e. The number of anilines is 1. The molecule has 1 aliphatic heterocycles. The van der Waals surface area contributed by atoms with Crippen molar-refractivity contribution in [2.75, 3.05) is 25.5 Å². The third-order valence-electron chi connectivity index (χ3n) is 3.60. The van der Waals surface area contributed by atoms with Crippen LogP contribution in [0.15, 0.2) is 29.7 Å². The van der Waals surface area contributed by atoms with E-state index in [1.54, 1.807) is 19.9 Å². The topological polar surface area (TPSA) is 70.7 Å². The highest BCUT2D eigenvalue weighted by molar-refractivity contribution is 5.96. The fraction of sp³-hybridized carbons (Fsp3) is 0.375. The smallest absolute Gasteiger partial charge is 0.284 e. The zero-order valence-electron chi connectivity index (χ0n) is 13.7. The zero-order valence-corrected chi connectivity index (χ0v) is 13.7. The first-order valence-electron chi connectivity index (χ1n) is 7.45. The Morgan fingerprint density at radius 3 is 2.75 bits per heavy atom. The molecule has 1 heterocycles. The van der Waals surface area contributed by atoms with Gasteiger partial charge in [0.1, 0.15) is 11.7 Å². The highest BCUT2D eigenvalue weighted by Gasteiger charge is 2.37. The van der Waals surface area contributed by atoms with E-state index in [4.69, 9.17) is 4.84 Å². The summed E-state index contributed by atoms with van der Waals surface area (Å²) in [6.07, 6.45) is 0. The Balaban J connectivity index is 2.36. The number of rotatable bonds is 5. The normalized spacial score (nSPS) is 18.0. The zero-order chi connectivity index (χ0) is 17.9. The van der Waals surface area contributed by atoms with Gasteiger partial charge in [-0.15, -0.1) is 0 Å². The van der Waals surface area contributed by atoms with Crippen molar-refractivity contribution in [3.05, 3.63) is 41.1 Å². The number of amides is 2. The third kappa shape index (κ3) is 3.70. The van der Waals surface area contributed by atoms with Gasteiger partial charge in [-0.2, -0.15) is 4.39 Å². The number of aryl methyl sites for hydroxylation is 1. The van der Waals surface area contributed by atoms with Crippen molar-refractivity contribution >= 4 is 17.5 Å². The number of hydrogen-bond acceptors (Lipinski definition) is 4. The first-order chi connectivity index (χ1) is 11.3. The fourth-order valence-electron chi connectivity index (χ4n) is 2.32. The van der Waals surface area contributed by atoms with Gasteiger partial charge in [0, 0.05) is 13.6 Å². The average Bonchev–Trinajstić information content (AvgIpc) is 2.54. The van der Waals surface area contributed by atoms with E-state index in [1.807, 2.05) is 0 Å². The summed E-state index contributed by atoms with van der Waals surface area (Å²) < 4.78 is 28.4. The molecule has 1 aromatic carbocycles. The Kier molecular flexibility index (Phi) is 5.50. The van der Waals surface area contributed by atoms with Gasteiger partial charge in [0.05, 0.1) is 18.0 Å². The number of carbonyl (C=O) groups is 2. The second-order valence-electron chi connectivity index (χ2n) is 5.47. The third-order valence-corrected chi connectivity index (χ3v) is 3.60. The minimum absolute atomic E-state index is 0.0164. The summed E-state index contributed by atoms with van der Waals surface area (Å²) in [4.78, 5) is 29.9. The van der Waals surface area contributed by atoms with E-state index in [1.165, 1.54) is 19.2 Å². The van der Waals surface area contributed by atoms with Gasteiger partial charge in [-0.1, -0.05) is 6.07 Å². The molecule has 6 nitrogen and oxygen atoms in total. The summed E-state index contributed by atoms with van der Waals surface area (Å²) in [5.74, 6) is -4.27. The van der Waals surface area contributed by atoms with Gasteiger partial charge < -0.3 is 10.2 Å². The number of hydroxylamine groups is 1. The summed E-state index contributed by atoms with van der Waals surface area (Å²) in [5.41, 5.74) is 2.58. The molecule has 1 atom stereocenters. The number of nitrogens with one attached hydrogen (secondary N) is 2. The molecule has 130 valence electrons. The van der Waals surface area contributed by atoms with Crippen molar-refractivity contribution in [1.29, 1.82) is 0 Å². The molecule has 8 heteroatoms. The monoisotopic (exact) mass is 339 g/mol. The Hall–Kier alpha value is -2.48. The minimum atomic E-state index is -1.12. The Bertz CT molecular complexity index is 691. The molecular formula is C16H19F2N3O3. The summed E-state index contributed by atoms with van der Waals surface area (Å²) in [6, 6.07) is 4.33. The molecule has 24 heavy (non-hydrogen) atoms. The molecule has 0 aromatic heterocycles. The minimum Gasteiger partial charge on any atom is -0.353 e. The van der Waals surface area contributed by atoms with Crippen molar-refractivity contribution < 1.29 is 23.2 Å². The van der Waals surface area contributed by atoms with Gasteiger partial charge in [0.15, 0.2) is 0 Å². The lowest BCUT2D eigenvalue weighted by Gasteiger charge is -2.30. The molecule has 0 aliphatic carbocycles. The maximum absolute atomic E-state index is 14.4. The van der Waals surface area contributed by atoms with E-state index in [2.05, 4.69) is 10.8 Å². The Morgan fingerprint density at radius 1 is 1.42 bits per heavy atom. The van der Waals surface area contributed by atoms with Crippen LogP contribution in [-0.2, 0) is 14.4 Å². The lowest BCUT2D eigenvalue weighted by molar-refractivity contribution is -0.139. The Labute approximate surface area is 138 Å². The lowest BCUT2D eigenvalue weighted by atomic mass is 9.98. The highest BCUT2D eigenvalue weighted by atomic mass is 19.1. The number of carbonyl (C=O) groups excluding carboxylic acids is 2. The van der Waals surface area contributed by atoms with E-state index in [-0.39, 0.29) is 24.5 Å². The molecule has 1 aromatic rings. The van der Waals surface area contributed by atoms with Crippen molar-refractivity contribution in [3.8, 4) is 0 Å². The maximum Gasteiger partial charge on any atom is 0.284 e. The fourth-order valence-corrected chi connectivity index (χ4v) is 2.32.